The summed E-state index contributed by atoms with van der Waals surface area (Å²) in [5.74, 6) is 0.268. The van der Waals surface area contributed by atoms with Crippen molar-refractivity contribution in [1.29, 1.82) is 0 Å². The SMILES string of the molecule is CC(C)C[C@H](N)C(=O)NCc1ccon1. The van der Waals surface area contributed by atoms with Crippen molar-refractivity contribution in [1.82, 2.24) is 10.5 Å². The van der Waals surface area contributed by atoms with Gasteiger partial charge in [0.15, 0.2) is 0 Å². The molecule has 0 aromatic carbocycles. The Bertz CT molecular complexity index is 296. The first-order valence-electron chi connectivity index (χ1n) is 5.02. The van der Waals surface area contributed by atoms with Gasteiger partial charge >= 0.3 is 0 Å². The lowest BCUT2D eigenvalue weighted by Gasteiger charge is -2.13. The Labute approximate surface area is 89.0 Å². The average Bonchev–Trinajstić information content (AvgIpc) is 2.65. The van der Waals surface area contributed by atoms with Crippen molar-refractivity contribution in [2.24, 2.45) is 11.7 Å². The molecule has 0 spiro atoms. The van der Waals surface area contributed by atoms with E-state index in [1.807, 2.05) is 13.8 Å². The number of hydrogen-bond acceptors (Lipinski definition) is 4. The molecule has 1 aromatic rings. The van der Waals surface area contributed by atoms with Gasteiger partial charge < -0.3 is 15.6 Å². The van der Waals surface area contributed by atoms with Crippen molar-refractivity contribution in [3.05, 3.63) is 18.0 Å². The van der Waals surface area contributed by atoms with Crippen LogP contribution in [0, 0.1) is 5.92 Å². The fourth-order valence-electron chi connectivity index (χ4n) is 1.25. The van der Waals surface area contributed by atoms with Crippen molar-refractivity contribution in [3.63, 3.8) is 0 Å². The van der Waals surface area contributed by atoms with Crippen LogP contribution < -0.4 is 11.1 Å². The highest BCUT2D eigenvalue weighted by Crippen LogP contribution is 2.02. The van der Waals surface area contributed by atoms with Gasteiger partial charge in [-0.25, -0.2) is 0 Å². The number of aromatic nitrogens is 1. The van der Waals surface area contributed by atoms with Crippen LogP contribution >= 0.6 is 0 Å². The van der Waals surface area contributed by atoms with E-state index in [1.165, 1.54) is 6.26 Å². The van der Waals surface area contributed by atoms with Gasteiger partial charge in [-0.2, -0.15) is 0 Å². The molecule has 0 unspecified atom stereocenters. The molecule has 0 radical (unpaired) electrons. The number of hydrogen-bond donors (Lipinski definition) is 2. The lowest BCUT2D eigenvalue weighted by molar-refractivity contribution is -0.122. The normalized spacial score (nSPS) is 12.8. The van der Waals surface area contributed by atoms with E-state index < -0.39 is 6.04 Å². The summed E-state index contributed by atoms with van der Waals surface area (Å²) in [4.78, 5) is 11.5. The molecule has 0 aliphatic rings. The molecule has 0 aliphatic heterocycles. The Morgan fingerprint density at radius 1 is 1.67 bits per heavy atom. The summed E-state index contributed by atoms with van der Waals surface area (Å²) in [5, 5.41) is 6.38. The number of nitrogens with one attached hydrogen (secondary N) is 1. The van der Waals surface area contributed by atoms with Gasteiger partial charge in [-0.05, 0) is 12.3 Å². The lowest BCUT2D eigenvalue weighted by Crippen LogP contribution is -2.41. The molecule has 0 saturated carbocycles. The molecule has 5 nitrogen and oxygen atoms in total. The van der Waals surface area contributed by atoms with Crippen molar-refractivity contribution in [3.8, 4) is 0 Å². The third kappa shape index (κ3) is 4.12. The van der Waals surface area contributed by atoms with E-state index >= 15 is 0 Å². The standard InChI is InChI=1S/C10H17N3O2/c1-7(2)5-9(11)10(14)12-6-8-3-4-15-13-8/h3-4,7,9H,5-6,11H2,1-2H3,(H,12,14)/t9-/m0/s1. The van der Waals surface area contributed by atoms with E-state index in [2.05, 4.69) is 15.0 Å². The zero-order valence-electron chi connectivity index (χ0n) is 9.06. The number of carbonyl (C=O) groups excluding carboxylic acids is 1. The van der Waals surface area contributed by atoms with E-state index in [0.29, 0.717) is 24.6 Å². The van der Waals surface area contributed by atoms with Gasteiger partial charge in [0, 0.05) is 6.07 Å². The molecular formula is C10H17N3O2. The molecule has 0 fully saturated rings. The topological polar surface area (TPSA) is 81.2 Å². The first-order valence-corrected chi connectivity index (χ1v) is 5.02. The summed E-state index contributed by atoms with van der Waals surface area (Å²) in [7, 11) is 0. The molecule has 1 aromatic heterocycles. The van der Waals surface area contributed by atoms with Crippen LogP contribution in [0.2, 0.25) is 0 Å². The Kier molecular flexibility index (Phi) is 4.30. The molecule has 1 rings (SSSR count). The number of rotatable bonds is 5. The van der Waals surface area contributed by atoms with E-state index in [4.69, 9.17) is 5.73 Å². The fourth-order valence-corrected chi connectivity index (χ4v) is 1.25. The predicted octanol–water partition coefficient (Wildman–Crippen LogP) is 0.664. The molecule has 84 valence electrons. The first kappa shape index (κ1) is 11.7. The molecule has 15 heavy (non-hydrogen) atoms. The first-order chi connectivity index (χ1) is 7.09. The quantitative estimate of drug-likeness (QED) is 0.749. The second-order valence-corrected chi connectivity index (χ2v) is 3.94. The van der Waals surface area contributed by atoms with E-state index in [-0.39, 0.29) is 5.91 Å². The molecule has 0 aliphatic carbocycles. The van der Waals surface area contributed by atoms with Crippen molar-refractivity contribution >= 4 is 5.91 Å². The Balaban J connectivity index is 2.29. The second-order valence-electron chi connectivity index (χ2n) is 3.94. The van der Waals surface area contributed by atoms with Crippen LogP contribution in [0.4, 0.5) is 0 Å². The summed E-state index contributed by atoms with van der Waals surface area (Å²) in [5.41, 5.74) is 6.40. The number of nitrogens with two attached hydrogens (primary N) is 1. The smallest absolute Gasteiger partial charge is 0.237 e. The molecule has 0 bridgehead atoms. The van der Waals surface area contributed by atoms with Gasteiger partial charge in [0.25, 0.3) is 0 Å². The highest BCUT2D eigenvalue weighted by atomic mass is 16.5. The minimum Gasteiger partial charge on any atom is -0.364 e. The highest BCUT2D eigenvalue weighted by Gasteiger charge is 2.14. The Morgan fingerprint density at radius 2 is 2.40 bits per heavy atom. The second kappa shape index (κ2) is 5.50. The van der Waals surface area contributed by atoms with Crippen LogP contribution in [0.3, 0.4) is 0 Å². The maximum Gasteiger partial charge on any atom is 0.237 e. The van der Waals surface area contributed by atoms with Gasteiger partial charge in [-0.15, -0.1) is 0 Å². The maximum atomic E-state index is 11.5. The van der Waals surface area contributed by atoms with Crippen LogP contribution in [0.25, 0.3) is 0 Å². The maximum absolute atomic E-state index is 11.5. The Morgan fingerprint density at radius 3 is 2.93 bits per heavy atom. The van der Waals surface area contributed by atoms with Crippen molar-refractivity contribution in [2.45, 2.75) is 32.9 Å². The van der Waals surface area contributed by atoms with E-state index in [0.717, 1.165) is 0 Å². The average molecular weight is 211 g/mol. The monoisotopic (exact) mass is 211 g/mol. The van der Waals surface area contributed by atoms with Gasteiger partial charge in [0.1, 0.15) is 12.0 Å². The van der Waals surface area contributed by atoms with Crippen LogP contribution in [-0.2, 0) is 11.3 Å². The van der Waals surface area contributed by atoms with Gasteiger partial charge in [-0.3, -0.25) is 4.79 Å². The number of amides is 1. The largest absolute Gasteiger partial charge is 0.364 e. The van der Waals surface area contributed by atoms with Crippen molar-refractivity contribution < 1.29 is 9.32 Å². The van der Waals surface area contributed by atoms with Crippen LogP contribution in [-0.4, -0.2) is 17.1 Å². The fraction of sp³-hybridized carbons (Fsp3) is 0.600. The molecule has 1 heterocycles. The van der Waals surface area contributed by atoms with Crippen LogP contribution in [0.1, 0.15) is 26.0 Å². The summed E-state index contributed by atoms with van der Waals surface area (Å²) in [6.07, 6.45) is 2.15. The lowest BCUT2D eigenvalue weighted by atomic mass is 10.0. The molecule has 1 amide bonds. The van der Waals surface area contributed by atoms with Crippen LogP contribution in [0.5, 0.6) is 0 Å². The minimum absolute atomic E-state index is 0.147. The molecule has 5 heteroatoms. The number of carbonyl (C=O) groups is 1. The van der Waals surface area contributed by atoms with Gasteiger partial charge in [-0.1, -0.05) is 19.0 Å². The molecule has 0 saturated heterocycles. The van der Waals surface area contributed by atoms with Gasteiger partial charge in [0.05, 0.1) is 12.6 Å². The summed E-state index contributed by atoms with van der Waals surface area (Å²) < 4.78 is 4.64. The Hall–Kier alpha value is -1.36. The van der Waals surface area contributed by atoms with E-state index in [9.17, 15) is 4.79 Å². The predicted molar refractivity (Wildman–Crippen MR) is 55.8 cm³/mol. The zero-order valence-corrected chi connectivity index (χ0v) is 9.06. The van der Waals surface area contributed by atoms with Crippen LogP contribution in [0.15, 0.2) is 16.9 Å². The summed E-state index contributed by atoms with van der Waals surface area (Å²) >= 11 is 0. The third-order valence-electron chi connectivity index (χ3n) is 2.00. The van der Waals surface area contributed by atoms with Crippen molar-refractivity contribution in [2.75, 3.05) is 0 Å². The number of nitrogens with zero attached hydrogens (tertiary/aromatic N) is 1. The summed E-state index contributed by atoms with van der Waals surface area (Å²) in [6.45, 7) is 4.43. The molecule has 3 N–H and O–H groups in total. The highest BCUT2D eigenvalue weighted by molar-refractivity contribution is 5.81. The molecular weight excluding hydrogens is 194 g/mol. The minimum atomic E-state index is -0.447. The summed E-state index contributed by atoms with van der Waals surface area (Å²) in [6, 6.07) is 1.26. The zero-order chi connectivity index (χ0) is 11.3. The van der Waals surface area contributed by atoms with Gasteiger partial charge in [0.2, 0.25) is 5.91 Å². The third-order valence-corrected chi connectivity index (χ3v) is 2.00. The van der Waals surface area contributed by atoms with E-state index in [1.54, 1.807) is 6.07 Å². The molecule has 1 atom stereocenters.